The van der Waals surface area contributed by atoms with Gasteiger partial charge in [-0.3, -0.25) is 0 Å². The normalized spacial score (nSPS) is 21.1. The van der Waals surface area contributed by atoms with E-state index in [1.165, 1.54) is 43.2 Å². The molecule has 0 saturated heterocycles. The summed E-state index contributed by atoms with van der Waals surface area (Å²) >= 11 is 1.93. The van der Waals surface area contributed by atoms with Crippen LogP contribution in [-0.4, -0.2) is 14.8 Å². The van der Waals surface area contributed by atoms with Crippen molar-refractivity contribution < 1.29 is 0 Å². The van der Waals surface area contributed by atoms with Gasteiger partial charge in [-0.15, -0.1) is 10.2 Å². The van der Waals surface area contributed by atoms with Crippen molar-refractivity contribution in [2.75, 3.05) is 0 Å². The van der Waals surface area contributed by atoms with Crippen LogP contribution in [0.1, 0.15) is 73.7 Å². The van der Waals surface area contributed by atoms with E-state index in [2.05, 4.69) is 52.9 Å². The predicted molar refractivity (Wildman–Crippen MR) is 90.4 cm³/mol. The standard InChI is InChI=1S/C18H23N3S/c1-12(2)17-19-20-18(21(17)14-10-11-14)22-16-9-5-7-13-6-3-4-8-15(13)16/h3-4,6,8,12,14,16H,5,7,9-11H2,1-2H3/t16-/m1/s1. The molecular formula is C18H23N3S. The maximum absolute atomic E-state index is 4.54. The quantitative estimate of drug-likeness (QED) is 0.804. The summed E-state index contributed by atoms with van der Waals surface area (Å²) in [6, 6.07) is 9.56. The second kappa shape index (κ2) is 5.73. The van der Waals surface area contributed by atoms with E-state index < -0.39 is 0 Å². The third-order valence-electron chi connectivity index (χ3n) is 4.68. The van der Waals surface area contributed by atoms with Gasteiger partial charge in [0.1, 0.15) is 5.82 Å². The highest BCUT2D eigenvalue weighted by Gasteiger charge is 2.32. The van der Waals surface area contributed by atoms with Gasteiger partial charge in [-0.2, -0.15) is 0 Å². The molecule has 1 aromatic carbocycles. The first-order valence-corrected chi connectivity index (χ1v) is 9.31. The first-order valence-electron chi connectivity index (χ1n) is 8.43. The van der Waals surface area contributed by atoms with Crippen molar-refractivity contribution in [1.29, 1.82) is 0 Å². The van der Waals surface area contributed by atoms with Gasteiger partial charge in [0.15, 0.2) is 5.16 Å². The SMILES string of the molecule is CC(C)c1nnc(S[C@@H]2CCCc3ccccc32)n1C1CC1. The van der Waals surface area contributed by atoms with Crippen LogP contribution < -0.4 is 0 Å². The summed E-state index contributed by atoms with van der Waals surface area (Å²) in [5.74, 6) is 1.61. The van der Waals surface area contributed by atoms with Gasteiger partial charge in [-0.1, -0.05) is 49.9 Å². The lowest BCUT2D eigenvalue weighted by Gasteiger charge is -2.24. The average Bonchev–Trinajstić information content (AvgIpc) is 3.28. The van der Waals surface area contributed by atoms with Crippen LogP contribution in [-0.2, 0) is 6.42 Å². The van der Waals surface area contributed by atoms with Crippen LogP contribution in [0.2, 0.25) is 0 Å². The molecule has 0 bridgehead atoms. The predicted octanol–water partition coefficient (Wildman–Crippen LogP) is 4.91. The van der Waals surface area contributed by atoms with Crippen molar-refractivity contribution in [2.45, 2.75) is 68.3 Å². The van der Waals surface area contributed by atoms with E-state index in [1.54, 1.807) is 0 Å². The van der Waals surface area contributed by atoms with Crippen molar-refractivity contribution in [3.05, 3.63) is 41.2 Å². The average molecular weight is 313 g/mol. The first-order chi connectivity index (χ1) is 10.7. The number of aromatic nitrogens is 3. The van der Waals surface area contributed by atoms with E-state index in [0.717, 1.165) is 11.0 Å². The summed E-state index contributed by atoms with van der Waals surface area (Å²) in [5.41, 5.74) is 3.03. The number of hydrogen-bond acceptors (Lipinski definition) is 3. The van der Waals surface area contributed by atoms with Crippen LogP contribution in [0.4, 0.5) is 0 Å². The van der Waals surface area contributed by atoms with E-state index in [0.29, 0.717) is 17.2 Å². The molecule has 2 aliphatic rings. The summed E-state index contributed by atoms with van der Waals surface area (Å²) in [6.45, 7) is 4.43. The number of thioether (sulfide) groups is 1. The molecule has 0 amide bonds. The van der Waals surface area contributed by atoms with Crippen molar-refractivity contribution in [1.82, 2.24) is 14.8 Å². The molecule has 1 fully saturated rings. The van der Waals surface area contributed by atoms with Crippen molar-refractivity contribution in [3.63, 3.8) is 0 Å². The number of nitrogens with zero attached hydrogens (tertiary/aromatic N) is 3. The molecule has 1 aromatic heterocycles. The molecule has 1 saturated carbocycles. The Morgan fingerprint density at radius 3 is 2.73 bits per heavy atom. The van der Waals surface area contributed by atoms with Crippen LogP contribution in [0, 0.1) is 0 Å². The Hall–Kier alpha value is -1.29. The Morgan fingerprint density at radius 2 is 1.95 bits per heavy atom. The second-order valence-corrected chi connectivity index (χ2v) is 7.96. The van der Waals surface area contributed by atoms with Crippen LogP contribution in [0.15, 0.2) is 29.4 Å². The Morgan fingerprint density at radius 1 is 1.14 bits per heavy atom. The number of aryl methyl sites for hydroxylation is 1. The summed E-state index contributed by atoms with van der Waals surface area (Å²) in [6.07, 6.45) is 6.32. The maximum Gasteiger partial charge on any atom is 0.192 e. The largest absolute Gasteiger partial charge is 0.303 e. The molecule has 4 heteroatoms. The van der Waals surface area contributed by atoms with Gasteiger partial charge >= 0.3 is 0 Å². The summed E-state index contributed by atoms with van der Waals surface area (Å²) in [7, 11) is 0. The zero-order valence-corrected chi connectivity index (χ0v) is 14.1. The van der Waals surface area contributed by atoms with Gasteiger partial charge in [0, 0.05) is 17.2 Å². The molecule has 3 nitrogen and oxygen atoms in total. The fraction of sp³-hybridized carbons (Fsp3) is 0.556. The van der Waals surface area contributed by atoms with Crippen LogP contribution in [0.25, 0.3) is 0 Å². The zero-order chi connectivity index (χ0) is 15.1. The summed E-state index contributed by atoms with van der Waals surface area (Å²) in [4.78, 5) is 0. The fourth-order valence-electron chi connectivity index (χ4n) is 3.40. The fourth-order valence-corrected chi connectivity index (χ4v) is 4.74. The molecule has 2 aliphatic carbocycles. The number of rotatable bonds is 4. The Kier molecular flexibility index (Phi) is 3.73. The van der Waals surface area contributed by atoms with E-state index >= 15 is 0 Å². The van der Waals surface area contributed by atoms with E-state index in [9.17, 15) is 0 Å². The summed E-state index contributed by atoms with van der Waals surface area (Å²) < 4.78 is 2.42. The van der Waals surface area contributed by atoms with E-state index in [4.69, 9.17) is 0 Å². The Balaban J connectivity index is 1.65. The number of benzene rings is 1. The number of hydrogen-bond donors (Lipinski definition) is 0. The monoisotopic (exact) mass is 313 g/mol. The highest BCUT2D eigenvalue weighted by molar-refractivity contribution is 7.99. The molecule has 0 aliphatic heterocycles. The third kappa shape index (κ3) is 2.58. The molecule has 2 aromatic rings. The Labute approximate surface area is 136 Å². The van der Waals surface area contributed by atoms with Gasteiger partial charge in [0.2, 0.25) is 0 Å². The molecule has 0 N–H and O–H groups in total. The molecule has 1 atom stereocenters. The summed E-state index contributed by atoms with van der Waals surface area (Å²) in [5, 5.41) is 10.7. The van der Waals surface area contributed by atoms with Gasteiger partial charge in [-0.05, 0) is 43.2 Å². The highest BCUT2D eigenvalue weighted by Crippen LogP contribution is 2.46. The molecular weight excluding hydrogens is 290 g/mol. The third-order valence-corrected chi connectivity index (χ3v) is 5.94. The number of fused-ring (bicyclic) bond motifs is 1. The topological polar surface area (TPSA) is 30.7 Å². The van der Waals surface area contributed by atoms with E-state index in [1.807, 2.05) is 11.8 Å². The minimum absolute atomic E-state index is 0.445. The maximum atomic E-state index is 4.54. The molecule has 1 heterocycles. The molecule has 22 heavy (non-hydrogen) atoms. The molecule has 0 unspecified atom stereocenters. The molecule has 4 rings (SSSR count). The van der Waals surface area contributed by atoms with E-state index in [-0.39, 0.29) is 0 Å². The van der Waals surface area contributed by atoms with Crippen molar-refractivity contribution >= 4 is 11.8 Å². The van der Waals surface area contributed by atoms with Gasteiger partial charge < -0.3 is 4.57 Å². The minimum Gasteiger partial charge on any atom is -0.303 e. The van der Waals surface area contributed by atoms with Gasteiger partial charge in [0.25, 0.3) is 0 Å². The lowest BCUT2D eigenvalue weighted by Crippen LogP contribution is -2.09. The molecule has 0 radical (unpaired) electrons. The van der Waals surface area contributed by atoms with Crippen LogP contribution >= 0.6 is 11.8 Å². The lowest BCUT2D eigenvalue weighted by atomic mass is 9.91. The smallest absolute Gasteiger partial charge is 0.192 e. The van der Waals surface area contributed by atoms with Crippen LogP contribution in [0.5, 0.6) is 0 Å². The highest BCUT2D eigenvalue weighted by atomic mass is 32.2. The lowest BCUT2D eigenvalue weighted by molar-refractivity contribution is 0.595. The van der Waals surface area contributed by atoms with Crippen molar-refractivity contribution in [3.8, 4) is 0 Å². The molecule has 116 valence electrons. The van der Waals surface area contributed by atoms with Crippen molar-refractivity contribution in [2.24, 2.45) is 0 Å². The van der Waals surface area contributed by atoms with Gasteiger partial charge in [0.05, 0.1) is 0 Å². The minimum atomic E-state index is 0.445. The van der Waals surface area contributed by atoms with Crippen LogP contribution in [0.3, 0.4) is 0 Å². The zero-order valence-electron chi connectivity index (χ0n) is 13.3. The van der Waals surface area contributed by atoms with Gasteiger partial charge in [-0.25, -0.2) is 0 Å². The second-order valence-electron chi connectivity index (χ2n) is 6.79. The molecule has 0 spiro atoms. The first kappa shape index (κ1) is 14.3. The Bertz CT molecular complexity index is 673.